The van der Waals surface area contributed by atoms with Gasteiger partial charge >= 0.3 is 0 Å². The number of benzene rings is 1. The normalized spacial score (nSPS) is 18.3. The molecule has 1 heterocycles. The Morgan fingerprint density at radius 1 is 1.20 bits per heavy atom. The van der Waals surface area contributed by atoms with E-state index in [0.29, 0.717) is 0 Å². The van der Waals surface area contributed by atoms with Gasteiger partial charge in [-0.3, -0.25) is 9.69 Å². The van der Waals surface area contributed by atoms with E-state index in [1.54, 1.807) is 11.8 Å². The predicted octanol–water partition coefficient (Wildman–Crippen LogP) is 3.61. The lowest BCUT2D eigenvalue weighted by Gasteiger charge is -2.26. The molecule has 4 heteroatoms. The largest absolute Gasteiger partial charge is 0.324 e. The molecule has 2 rings (SSSR count). The van der Waals surface area contributed by atoms with Gasteiger partial charge in [0.1, 0.15) is 0 Å². The number of carbonyl (C=O) groups excluding carboxylic acids is 1. The number of hydrogen-bond donors (Lipinski definition) is 1. The maximum absolute atomic E-state index is 12.4. The van der Waals surface area contributed by atoms with Crippen LogP contribution in [0.15, 0.2) is 29.2 Å². The van der Waals surface area contributed by atoms with Crippen molar-refractivity contribution >= 4 is 23.4 Å². The average molecular weight is 292 g/mol. The molecule has 1 saturated heterocycles. The summed E-state index contributed by atoms with van der Waals surface area (Å²) in [5.74, 6) is 0.105. The minimum absolute atomic E-state index is 0.0528. The second kappa shape index (κ2) is 7.70. The van der Waals surface area contributed by atoms with Crippen molar-refractivity contribution in [1.29, 1.82) is 0 Å². The molecule has 1 aromatic carbocycles. The second-order valence-electron chi connectivity index (χ2n) is 5.32. The van der Waals surface area contributed by atoms with E-state index in [1.165, 1.54) is 25.7 Å². The molecule has 0 radical (unpaired) electrons. The van der Waals surface area contributed by atoms with Gasteiger partial charge in [-0.1, -0.05) is 25.0 Å². The summed E-state index contributed by atoms with van der Waals surface area (Å²) < 4.78 is 0. The molecule has 0 bridgehead atoms. The Morgan fingerprint density at radius 3 is 2.50 bits per heavy atom. The molecular formula is C16H24N2OS. The fourth-order valence-electron chi connectivity index (χ4n) is 2.63. The van der Waals surface area contributed by atoms with Crippen LogP contribution >= 0.6 is 11.8 Å². The number of carbonyl (C=O) groups is 1. The first-order valence-electron chi connectivity index (χ1n) is 7.40. The average Bonchev–Trinajstić information content (AvgIpc) is 2.76. The van der Waals surface area contributed by atoms with Crippen molar-refractivity contribution in [2.24, 2.45) is 0 Å². The van der Waals surface area contributed by atoms with Gasteiger partial charge in [-0.25, -0.2) is 0 Å². The molecule has 1 N–H and O–H groups in total. The van der Waals surface area contributed by atoms with Crippen LogP contribution in [-0.2, 0) is 4.79 Å². The second-order valence-corrected chi connectivity index (χ2v) is 6.16. The predicted molar refractivity (Wildman–Crippen MR) is 86.4 cm³/mol. The molecule has 1 aliphatic rings. The van der Waals surface area contributed by atoms with E-state index in [0.717, 1.165) is 23.7 Å². The minimum Gasteiger partial charge on any atom is -0.324 e. The van der Waals surface area contributed by atoms with Crippen molar-refractivity contribution in [2.45, 2.75) is 43.5 Å². The van der Waals surface area contributed by atoms with E-state index in [4.69, 9.17) is 0 Å². The van der Waals surface area contributed by atoms with Crippen LogP contribution in [0.2, 0.25) is 0 Å². The zero-order chi connectivity index (χ0) is 14.4. The van der Waals surface area contributed by atoms with Crippen LogP contribution in [0.1, 0.15) is 32.6 Å². The lowest BCUT2D eigenvalue weighted by Crippen LogP contribution is -2.42. The number of amides is 1. The van der Waals surface area contributed by atoms with Gasteiger partial charge in [0.25, 0.3) is 0 Å². The van der Waals surface area contributed by atoms with Crippen molar-refractivity contribution in [3.63, 3.8) is 0 Å². The summed E-state index contributed by atoms with van der Waals surface area (Å²) in [5, 5.41) is 3.08. The third-order valence-corrected chi connectivity index (χ3v) is 4.73. The quantitative estimate of drug-likeness (QED) is 0.860. The summed E-state index contributed by atoms with van der Waals surface area (Å²) in [4.78, 5) is 15.9. The molecule has 0 spiro atoms. The standard InChI is InChI=1S/C16H24N2OS/c1-13(18-11-7-3-4-8-12-18)16(19)17-14-9-5-6-10-15(14)20-2/h5-6,9-10,13H,3-4,7-8,11-12H2,1-2H3,(H,17,19)/t13-/m0/s1. The molecule has 0 saturated carbocycles. The fraction of sp³-hybridized carbons (Fsp3) is 0.562. The Balaban J connectivity index is 1.99. The summed E-state index contributed by atoms with van der Waals surface area (Å²) >= 11 is 1.66. The lowest BCUT2D eigenvalue weighted by atomic mass is 10.2. The van der Waals surface area contributed by atoms with E-state index < -0.39 is 0 Å². The van der Waals surface area contributed by atoms with Crippen molar-refractivity contribution in [1.82, 2.24) is 4.90 Å². The fourth-order valence-corrected chi connectivity index (χ4v) is 3.19. The molecular weight excluding hydrogens is 268 g/mol. The monoisotopic (exact) mass is 292 g/mol. The molecule has 1 aliphatic heterocycles. The molecule has 1 amide bonds. The third-order valence-electron chi connectivity index (χ3n) is 3.93. The molecule has 1 atom stereocenters. The van der Waals surface area contributed by atoms with Crippen LogP contribution in [0.25, 0.3) is 0 Å². The van der Waals surface area contributed by atoms with Gasteiger partial charge in [0.05, 0.1) is 11.7 Å². The summed E-state index contributed by atoms with van der Waals surface area (Å²) in [6.07, 6.45) is 7.03. The highest BCUT2D eigenvalue weighted by molar-refractivity contribution is 7.98. The van der Waals surface area contributed by atoms with Crippen molar-refractivity contribution < 1.29 is 4.79 Å². The molecule has 3 nitrogen and oxygen atoms in total. The molecule has 110 valence electrons. The number of hydrogen-bond acceptors (Lipinski definition) is 3. The topological polar surface area (TPSA) is 32.3 Å². The number of para-hydroxylation sites is 1. The lowest BCUT2D eigenvalue weighted by molar-refractivity contribution is -0.120. The molecule has 1 fully saturated rings. The number of nitrogens with one attached hydrogen (secondary N) is 1. The first kappa shape index (κ1) is 15.4. The third kappa shape index (κ3) is 4.00. The van der Waals surface area contributed by atoms with Gasteiger partial charge in [0.2, 0.25) is 5.91 Å². The summed E-state index contributed by atoms with van der Waals surface area (Å²) in [6, 6.07) is 7.92. The summed E-state index contributed by atoms with van der Waals surface area (Å²) in [6.45, 7) is 4.10. The summed E-state index contributed by atoms with van der Waals surface area (Å²) in [5.41, 5.74) is 0.923. The molecule has 0 aromatic heterocycles. The first-order chi connectivity index (χ1) is 9.72. The maximum Gasteiger partial charge on any atom is 0.241 e. The van der Waals surface area contributed by atoms with E-state index >= 15 is 0 Å². The van der Waals surface area contributed by atoms with Crippen LogP contribution in [0.4, 0.5) is 5.69 Å². The Morgan fingerprint density at radius 2 is 1.85 bits per heavy atom. The SMILES string of the molecule is CSc1ccccc1NC(=O)[C@H](C)N1CCCCCC1. The van der Waals surface area contributed by atoms with Gasteiger partial charge in [-0.2, -0.15) is 0 Å². The number of thioether (sulfide) groups is 1. The smallest absolute Gasteiger partial charge is 0.241 e. The Bertz CT molecular complexity index is 442. The van der Waals surface area contributed by atoms with Crippen LogP contribution < -0.4 is 5.32 Å². The van der Waals surface area contributed by atoms with E-state index in [2.05, 4.69) is 10.2 Å². The Kier molecular flexibility index (Phi) is 5.92. The van der Waals surface area contributed by atoms with Crippen molar-refractivity contribution in [2.75, 3.05) is 24.7 Å². The highest BCUT2D eigenvalue weighted by atomic mass is 32.2. The van der Waals surface area contributed by atoms with Gasteiger partial charge in [-0.05, 0) is 51.2 Å². The van der Waals surface area contributed by atoms with Gasteiger partial charge in [0, 0.05) is 4.90 Å². The van der Waals surface area contributed by atoms with E-state index in [9.17, 15) is 4.79 Å². The first-order valence-corrected chi connectivity index (χ1v) is 8.63. The number of nitrogens with zero attached hydrogens (tertiary/aromatic N) is 1. The zero-order valence-corrected chi connectivity index (χ0v) is 13.2. The van der Waals surface area contributed by atoms with Crippen LogP contribution in [-0.4, -0.2) is 36.2 Å². The Labute approximate surface area is 126 Å². The highest BCUT2D eigenvalue weighted by Crippen LogP contribution is 2.25. The number of anilines is 1. The van der Waals surface area contributed by atoms with E-state index in [1.807, 2.05) is 37.4 Å². The van der Waals surface area contributed by atoms with Gasteiger partial charge in [-0.15, -0.1) is 11.8 Å². The highest BCUT2D eigenvalue weighted by Gasteiger charge is 2.22. The van der Waals surface area contributed by atoms with Crippen molar-refractivity contribution in [3.05, 3.63) is 24.3 Å². The summed E-state index contributed by atoms with van der Waals surface area (Å²) in [7, 11) is 0. The van der Waals surface area contributed by atoms with Gasteiger partial charge in [0.15, 0.2) is 0 Å². The number of rotatable bonds is 4. The maximum atomic E-state index is 12.4. The van der Waals surface area contributed by atoms with Gasteiger partial charge < -0.3 is 5.32 Å². The van der Waals surface area contributed by atoms with Crippen LogP contribution in [0.3, 0.4) is 0 Å². The zero-order valence-electron chi connectivity index (χ0n) is 12.4. The van der Waals surface area contributed by atoms with Crippen LogP contribution in [0.5, 0.6) is 0 Å². The molecule has 0 unspecified atom stereocenters. The molecule has 20 heavy (non-hydrogen) atoms. The number of likely N-dealkylation sites (tertiary alicyclic amines) is 1. The molecule has 1 aromatic rings. The molecule has 0 aliphatic carbocycles. The van der Waals surface area contributed by atoms with Crippen LogP contribution in [0, 0.1) is 0 Å². The van der Waals surface area contributed by atoms with E-state index in [-0.39, 0.29) is 11.9 Å². The Hall–Kier alpha value is -1.00. The van der Waals surface area contributed by atoms with Crippen molar-refractivity contribution in [3.8, 4) is 0 Å². The minimum atomic E-state index is -0.0528.